The van der Waals surface area contributed by atoms with Gasteiger partial charge in [-0.15, -0.1) is 6.42 Å². The van der Waals surface area contributed by atoms with E-state index in [1.54, 1.807) is 18.3 Å². The Kier molecular flexibility index (Phi) is 7.91. The first kappa shape index (κ1) is 24.3. The average Bonchev–Trinajstić information content (AvgIpc) is 2.86. The third-order valence-electron chi connectivity index (χ3n) is 5.82. The van der Waals surface area contributed by atoms with Crippen LogP contribution in [0.25, 0.3) is 10.9 Å². The zero-order valence-electron chi connectivity index (χ0n) is 18.9. The molecule has 0 N–H and O–H groups in total. The van der Waals surface area contributed by atoms with Gasteiger partial charge < -0.3 is 9.47 Å². The monoisotopic (exact) mass is 541 g/mol. The molecular weight excluding hydrogens is 518 g/mol. The lowest BCUT2D eigenvalue weighted by molar-refractivity contribution is 0.299. The van der Waals surface area contributed by atoms with Gasteiger partial charge in [0.25, 0.3) is 5.56 Å². The minimum absolute atomic E-state index is 0.0581. The maximum atomic E-state index is 13.4. The van der Waals surface area contributed by atoms with Crippen LogP contribution in [0.3, 0.4) is 0 Å². The maximum absolute atomic E-state index is 13.4. The molecule has 1 aromatic heterocycles. The number of para-hydroxylation sites is 1. The average molecular weight is 543 g/mol. The fourth-order valence-electron chi connectivity index (χ4n) is 4.21. The molecule has 0 saturated heterocycles. The van der Waals surface area contributed by atoms with Gasteiger partial charge in [0.15, 0.2) is 11.5 Å². The molecule has 8 heteroatoms. The molecule has 176 valence electrons. The van der Waals surface area contributed by atoms with Crippen molar-refractivity contribution in [3.05, 3.63) is 61.6 Å². The number of nitrogens with zero attached hydrogens (tertiary/aromatic N) is 3. The van der Waals surface area contributed by atoms with E-state index in [4.69, 9.17) is 32.5 Å². The summed E-state index contributed by atoms with van der Waals surface area (Å²) in [5.74, 6) is 4.12. The first-order valence-electron chi connectivity index (χ1n) is 11.3. The van der Waals surface area contributed by atoms with E-state index in [0.717, 1.165) is 25.7 Å². The van der Waals surface area contributed by atoms with Crippen molar-refractivity contribution in [2.45, 2.75) is 44.9 Å². The first-order chi connectivity index (χ1) is 16.5. The number of hydrogen-bond acceptors (Lipinski definition) is 5. The van der Waals surface area contributed by atoms with Crippen LogP contribution in [-0.4, -0.2) is 29.1 Å². The highest BCUT2D eigenvalue weighted by molar-refractivity contribution is 9.10. The van der Waals surface area contributed by atoms with Crippen LogP contribution in [0, 0.1) is 12.3 Å². The Morgan fingerprint density at radius 2 is 2.06 bits per heavy atom. The molecule has 34 heavy (non-hydrogen) atoms. The molecule has 4 rings (SSSR count). The zero-order valence-corrected chi connectivity index (χ0v) is 21.2. The highest BCUT2D eigenvalue weighted by Crippen LogP contribution is 2.42. The molecule has 1 fully saturated rings. The van der Waals surface area contributed by atoms with Gasteiger partial charge in [0.2, 0.25) is 0 Å². The van der Waals surface area contributed by atoms with Crippen LogP contribution in [-0.2, 0) is 0 Å². The second-order valence-electron chi connectivity index (χ2n) is 8.03. The molecule has 1 aliphatic rings. The molecule has 1 saturated carbocycles. The third kappa shape index (κ3) is 4.98. The normalized spacial score (nSPS) is 14.4. The van der Waals surface area contributed by atoms with Gasteiger partial charge in [-0.3, -0.25) is 4.79 Å². The van der Waals surface area contributed by atoms with Gasteiger partial charge in [0.05, 0.1) is 23.7 Å². The van der Waals surface area contributed by atoms with Crippen LogP contribution in [0.4, 0.5) is 0 Å². The number of aromatic nitrogens is 2. The summed E-state index contributed by atoms with van der Waals surface area (Å²) in [5, 5.41) is 5.45. The minimum atomic E-state index is -0.191. The van der Waals surface area contributed by atoms with E-state index in [9.17, 15) is 4.79 Å². The molecule has 0 spiro atoms. The summed E-state index contributed by atoms with van der Waals surface area (Å²) in [5.41, 5.74) is 1.14. The van der Waals surface area contributed by atoms with E-state index < -0.39 is 0 Å². The predicted octanol–water partition coefficient (Wildman–Crippen LogP) is 6.15. The molecule has 0 bridgehead atoms. The number of benzene rings is 2. The molecule has 2 aromatic carbocycles. The number of halogens is 2. The largest absolute Gasteiger partial charge is 0.490 e. The number of terminal acetylenes is 1. The van der Waals surface area contributed by atoms with Crippen molar-refractivity contribution in [2.24, 2.45) is 5.10 Å². The van der Waals surface area contributed by atoms with E-state index in [-0.39, 0.29) is 18.1 Å². The molecule has 0 aliphatic heterocycles. The Labute approximate surface area is 212 Å². The zero-order chi connectivity index (χ0) is 24.1. The maximum Gasteiger partial charge on any atom is 0.282 e. The molecule has 3 aromatic rings. The number of fused-ring (bicyclic) bond motifs is 1. The van der Waals surface area contributed by atoms with Crippen LogP contribution in [0.15, 0.2) is 44.7 Å². The van der Waals surface area contributed by atoms with Crippen molar-refractivity contribution in [3.8, 4) is 23.8 Å². The summed E-state index contributed by atoms with van der Waals surface area (Å²) in [4.78, 5) is 18.3. The summed E-state index contributed by atoms with van der Waals surface area (Å²) in [6.45, 7) is 2.34. The van der Waals surface area contributed by atoms with Gasteiger partial charge >= 0.3 is 0 Å². The molecule has 0 radical (unpaired) electrons. The van der Waals surface area contributed by atoms with Crippen molar-refractivity contribution in [3.63, 3.8) is 0 Å². The summed E-state index contributed by atoms with van der Waals surface area (Å²) in [6, 6.07) is 9.13. The van der Waals surface area contributed by atoms with E-state index in [1.165, 1.54) is 11.1 Å². The topological polar surface area (TPSA) is 65.7 Å². The van der Waals surface area contributed by atoms with Crippen molar-refractivity contribution in [1.29, 1.82) is 0 Å². The van der Waals surface area contributed by atoms with Crippen LogP contribution >= 0.6 is 27.5 Å². The van der Waals surface area contributed by atoms with E-state index >= 15 is 0 Å². The highest BCUT2D eigenvalue weighted by atomic mass is 79.9. The smallest absolute Gasteiger partial charge is 0.282 e. The first-order valence-corrected chi connectivity index (χ1v) is 12.5. The Balaban J connectivity index is 1.82. The molecule has 0 amide bonds. The van der Waals surface area contributed by atoms with E-state index in [0.29, 0.717) is 49.9 Å². The van der Waals surface area contributed by atoms with Crippen LogP contribution in [0.1, 0.15) is 56.3 Å². The van der Waals surface area contributed by atoms with Crippen molar-refractivity contribution < 1.29 is 9.47 Å². The fourth-order valence-corrected chi connectivity index (χ4v) is 4.86. The molecule has 0 atom stereocenters. The lowest BCUT2D eigenvalue weighted by atomic mass is 9.88. The summed E-state index contributed by atoms with van der Waals surface area (Å²) in [6.07, 6.45) is 12.3. The quantitative estimate of drug-likeness (QED) is 0.265. The summed E-state index contributed by atoms with van der Waals surface area (Å²) < 4.78 is 13.3. The van der Waals surface area contributed by atoms with Gasteiger partial charge in [-0.1, -0.05) is 48.9 Å². The third-order valence-corrected chi connectivity index (χ3v) is 7.26. The lowest BCUT2D eigenvalue weighted by Crippen LogP contribution is -2.25. The summed E-state index contributed by atoms with van der Waals surface area (Å²) >= 11 is 10.1. The van der Waals surface area contributed by atoms with Crippen LogP contribution in [0.5, 0.6) is 11.5 Å². The lowest BCUT2D eigenvalue weighted by Gasteiger charge is -2.22. The number of hydrogen-bond donors (Lipinski definition) is 0. The standard InChI is InChI=1S/C26H25BrClN3O3/c1-3-14-34-24-21(33-4-2)15-18(22(27)23(24)28)16-29-31-25(17-10-6-5-7-11-17)30-20-13-9-8-12-19(20)26(31)32/h1,8-9,12-13,15-17H,4-7,10-11,14H2,2H3. The van der Waals surface area contributed by atoms with Gasteiger partial charge in [-0.2, -0.15) is 9.78 Å². The van der Waals surface area contributed by atoms with Crippen LogP contribution in [0.2, 0.25) is 5.02 Å². The van der Waals surface area contributed by atoms with Gasteiger partial charge in [-0.25, -0.2) is 4.98 Å². The second-order valence-corrected chi connectivity index (χ2v) is 9.20. The Bertz CT molecular complexity index is 1320. The van der Waals surface area contributed by atoms with Gasteiger partial charge in [-0.05, 0) is 53.9 Å². The Hall–Kier alpha value is -2.82. The molecule has 1 aliphatic carbocycles. The van der Waals surface area contributed by atoms with E-state index in [1.807, 2.05) is 25.1 Å². The van der Waals surface area contributed by atoms with Crippen molar-refractivity contribution in [2.75, 3.05) is 13.2 Å². The fraction of sp³-hybridized carbons (Fsp3) is 0.346. The molecule has 0 unspecified atom stereocenters. The molecule has 1 heterocycles. The number of ether oxygens (including phenoxy) is 2. The molecule has 6 nitrogen and oxygen atoms in total. The SMILES string of the molecule is C#CCOc1c(OCC)cc(C=Nn2c(C3CCCCC3)nc3ccccc3c2=O)c(Br)c1Cl. The van der Waals surface area contributed by atoms with Crippen molar-refractivity contribution >= 4 is 44.6 Å². The van der Waals surface area contributed by atoms with E-state index in [2.05, 4.69) is 27.0 Å². The van der Waals surface area contributed by atoms with Crippen molar-refractivity contribution in [1.82, 2.24) is 9.66 Å². The predicted molar refractivity (Wildman–Crippen MR) is 139 cm³/mol. The van der Waals surface area contributed by atoms with Crippen LogP contribution < -0.4 is 15.0 Å². The Morgan fingerprint density at radius 1 is 1.29 bits per heavy atom. The Morgan fingerprint density at radius 3 is 2.79 bits per heavy atom. The summed E-state index contributed by atoms with van der Waals surface area (Å²) in [7, 11) is 0. The second kappa shape index (κ2) is 11.1. The number of rotatable bonds is 7. The molecular formula is C26H25BrClN3O3. The highest BCUT2D eigenvalue weighted by Gasteiger charge is 2.23. The minimum Gasteiger partial charge on any atom is -0.490 e. The van der Waals surface area contributed by atoms with Gasteiger partial charge in [0, 0.05) is 16.0 Å². The van der Waals surface area contributed by atoms with Gasteiger partial charge in [0.1, 0.15) is 17.5 Å².